The molecule has 1 aromatic rings. The molecule has 1 aliphatic rings. The number of carboxylic acids is 1. The normalized spacial score (nSPS) is 17.1. The fourth-order valence-corrected chi connectivity index (χ4v) is 2.60. The number of ether oxygens (including phenoxy) is 1. The first kappa shape index (κ1) is 14.9. The molecule has 0 unspecified atom stereocenters. The van der Waals surface area contributed by atoms with Crippen molar-refractivity contribution in [2.24, 2.45) is 5.41 Å². The van der Waals surface area contributed by atoms with Crippen molar-refractivity contribution in [1.29, 1.82) is 0 Å². The zero-order valence-electron chi connectivity index (χ0n) is 12.6. The van der Waals surface area contributed by atoms with E-state index in [0.29, 0.717) is 12.3 Å². The van der Waals surface area contributed by atoms with Crippen LogP contribution in [0.4, 0.5) is 0 Å². The third-order valence-corrected chi connectivity index (χ3v) is 3.48. The molecule has 0 bridgehead atoms. The SMILES string of the molecule is CC(C)(C)Cn1ncc(OC2CCCCC2)c1C(=O)O. The molecule has 112 valence electrons. The van der Waals surface area contributed by atoms with E-state index in [-0.39, 0.29) is 17.2 Å². The molecule has 1 aromatic heterocycles. The largest absolute Gasteiger partial charge is 0.486 e. The Hall–Kier alpha value is -1.52. The van der Waals surface area contributed by atoms with Crippen LogP contribution in [-0.4, -0.2) is 27.0 Å². The Morgan fingerprint density at radius 1 is 1.40 bits per heavy atom. The predicted octanol–water partition coefficient (Wildman–Crippen LogP) is 3.34. The molecule has 0 aromatic carbocycles. The van der Waals surface area contributed by atoms with Crippen LogP contribution in [-0.2, 0) is 6.54 Å². The number of carbonyl (C=O) groups is 1. The Morgan fingerprint density at radius 3 is 2.60 bits per heavy atom. The summed E-state index contributed by atoms with van der Waals surface area (Å²) in [5, 5.41) is 13.6. The molecule has 0 amide bonds. The van der Waals surface area contributed by atoms with E-state index in [0.717, 1.165) is 25.7 Å². The average Bonchev–Trinajstić information content (AvgIpc) is 2.71. The zero-order valence-corrected chi connectivity index (χ0v) is 12.6. The van der Waals surface area contributed by atoms with Crippen molar-refractivity contribution in [1.82, 2.24) is 9.78 Å². The molecule has 20 heavy (non-hydrogen) atoms. The Labute approximate surface area is 119 Å². The first-order valence-electron chi connectivity index (χ1n) is 7.32. The van der Waals surface area contributed by atoms with Crippen LogP contribution in [0.2, 0.25) is 0 Å². The van der Waals surface area contributed by atoms with E-state index in [9.17, 15) is 9.90 Å². The van der Waals surface area contributed by atoms with Gasteiger partial charge in [-0.05, 0) is 31.1 Å². The Morgan fingerprint density at radius 2 is 2.05 bits per heavy atom. The van der Waals surface area contributed by atoms with Gasteiger partial charge in [0.25, 0.3) is 0 Å². The van der Waals surface area contributed by atoms with Crippen LogP contribution in [0.25, 0.3) is 0 Å². The molecule has 0 saturated heterocycles. The van der Waals surface area contributed by atoms with E-state index < -0.39 is 5.97 Å². The maximum Gasteiger partial charge on any atom is 0.358 e. The van der Waals surface area contributed by atoms with Crippen molar-refractivity contribution < 1.29 is 14.6 Å². The molecule has 1 aliphatic carbocycles. The van der Waals surface area contributed by atoms with Crippen LogP contribution >= 0.6 is 0 Å². The lowest BCUT2D eigenvalue weighted by atomic mass is 9.97. The van der Waals surface area contributed by atoms with Crippen molar-refractivity contribution in [3.8, 4) is 5.75 Å². The number of aromatic nitrogens is 2. The second-order valence-electron chi connectivity index (χ2n) is 6.76. The van der Waals surface area contributed by atoms with Crippen LogP contribution in [0.5, 0.6) is 5.75 Å². The van der Waals surface area contributed by atoms with E-state index in [1.54, 1.807) is 10.9 Å². The third kappa shape index (κ3) is 3.74. The summed E-state index contributed by atoms with van der Waals surface area (Å²) in [6, 6.07) is 0. The summed E-state index contributed by atoms with van der Waals surface area (Å²) in [6.07, 6.45) is 7.24. The van der Waals surface area contributed by atoms with Gasteiger partial charge in [0.15, 0.2) is 11.4 Å². The second-order valence-corrected chi connectivity index (χ2v) is 6.76. The maximum absolute atomic E-state index is 11.5. The number of aromatic carboxylic acids is 1. The van der Waals surface area contributed by atoms with Gasteiger partial charge in [-0.3, -0.25) is 4.68 Å². The van der Waals surface area contributed by atoms with Gasteiger partial charge in [0, 0.05) is 6.54 Å². The van der Waals surface area contributed by atoms with Gasteiger partial charge in [-0.15, -0.1) is 0 Å². The first-order chi connectivity index (χ1) is 9.37. The maximum atomic E-state index is 11.5. The fourth-order valence-electron chi connectivity index (χ4n) is 2.60. The summed E-state index contributed by atoms with van der Waals surface area (Å²) in [7, 11) is 0. The van der Waals surface area contributed by atoms with Crippen molar-refractivity contribution in [2.75, 3.05) is 0 Å². The molecule has 5 nitrogen and oxygen atoms in total. The molecule has 2 rings (SSSR count). The summed E-state index contributed by atoms with van der Waals surface area (Å²) in [6.45, 7) is 6.73. The van der Waals surface area contributed by atoms with Crippen LogP contribution < -0.4 is 4.74 Å². The van der Waals surface area contributed by atoms with Crippen molar-refractivity contribution in [2.45, 2.75) is 65.5 Å². The lowest BCUT2D eigenvalue weighted by Gasteiger charge is -2.23. The van der Waals surface area contributed by atoms with Crippen LogP contribution in [0.15, 0.2) is 6.20 Å². The molecule has 0 spiro atoms. The monoisotopic (exact) mass is 280 g/mol. The molecule has 0 radical (unpaired) electrons. The van der Waals surface area contributed by atoms with Crippen molar-refractivity contribution in [3.05, 3.63) is 11.9 Å². The lowest BCUT2D eigenvalue weighted by molar-refractivity contribution is 0.0668. The standard InChI is InChI=1S/C15H24N2O3/c1-15(2,3)10-17-13(14(18)19)12(9-16-17)20-11-7-5-4-6-8-11/h9,11H,4-8,10H2,1-3H3,(H,18,19). The van der Waals surface area contributed by atoms with Gasteiger partial charge in [-0.25, -0.2) is 4.79 Å². The molecule has 0 aliphatic heterocycles. The lowest BCUT2D eigenvalue weighted by Crippen LogP contribution is -2.23. The third-order valence-electron chi connectivity index (χ3n) is 3.48. The minimum atomic E-state index is -0.974. The van der Waals surface area contributed by atoms with Gasteiger partial charge in [0.1, 0.15) is 0 Å². The molecule has 1 N–H and O–H groups in total. The molecule has 0 atom stereocenters. The van der Waals surface area contributed by atoms with E-state index in [2.05, 4.69) is 25.9 Å². The summed E-state index contributed by atoms with van der Waals surface area (Å²) < 4.78 is 7.42. The molecule has 1 saturated carbocycles. The second kappa shape index (κ2) is 5.85. The van der Waals surface area contributed by atoms with Gasteiger partial charge < -0.3 is 9.84 Å². The first-order valence-corrected chi connectivity index (χ1v) is 7.32. The van der Waals surface area contributed by atoms with Gasteiger partial charge in [-0.1, -0.05) is 27.2 Å². The summed E-state index contributed by atoms with van der Waals surface area (Å²) in [5.74, 6) is -0.564. The highest BCUT2D eigenvalue weighted by molar-refractivity contribution is 5.88. The number of nitrogens with zero attached hydrogens (tertiary/aromatic N) is 2. The quantitative estimate of drug-likeness (QED) is 0.918. The minimum absolute atomic E-state index is 0.0294. The summed E-state index contributed by atoms with van der Waals surface area (Å²) in [5.41, 5.74) is 0.142. The molecular weight excluding hydrogens is 256 g/mol. The number of hydrogen-bond acceptors (Lipinski definition) is 3. The topological polar surface area (TPSA) is 64.4 Å². The summed E-state index contributed by atoms with van der Waals surface area (Å²) >= 11 is 0. The highest BCUT2D eigenvalue weighted by Crippen LogP contribution is 2.27. The predicted molar refractivity (Wildman–Crippen MR) is 76.1 cm³/mol. The number of rotatable bonds is 4. The number of carboxylic acid groups (broad SMARTS) is 1. The number of hydrogen-bond donors (Lipinski definition) is 1. The van der Waals surface area contributed by atoms with E-state index >= 15 is 0 Å². The smallest absolute Gasteiger partial charge is 0.358 e. The summed E-state index contributed by atoms with van der Waals surface area (Å²) in [4.78, 5) is 11.5. The van der Waals surface area contributed by atoms with Crippen LogP contribution in [0.1, 0.15) is 63.4 Å². The van der Waals surface area contributed by atoms with Crippen LogP contribution in [0, 0.1) is 5.41 Å². The molecular formula is C15H24N2O3. The highest BCUT2D eigenvalue weighted by atomic mass is 16.5. The highest BCUT2D eigenvalue weighted by Gasteiger charge is 2.25. The molecule has 1 fully saturated rings. The minimum Gasteiger partial charge on any atom is -0.486 e. The van der Waals surface area contributed by atoms with Gasteiger partial charge in [0.2, 0.25) is 0 Å². The average molecular weight is 280 g/mol. The van der Waals surface area contributed by atoms with Gasteiger partial charge >= 0.3 is 5.97 Å². The fraction of sp³-hybridized carbons (Fsp3) is 0.733. The van der Waals surface area contributed by atoms with Gasteiger partial charge in [0.05, 0.1) is 12.3 Å². The van der Waals surface area contributed by atoms with E-state index in [1.165, 1.54) is 6.42 Å². The van der Waals surface area contributed by atoms with Crippen LogP contribution in [0.3, 0.4) is 0 Å². The Balaban J connectivity index is 2.18. The molecule has 5 heteroatoms. The van der Waals surface area contributed by atoms with Crippen molar-refractivity contribution in [3.63, 3.8) is 0 Å². The van der Waals surface area contributed by atoms with Crippen molar-refractivity contribution >= 4 is 5.97 Å². The Kier molecular flexibility index (Phi) is 4.35. The van der Waals surface area contributed by atoms with E-state index in [1.807, 2.05) is 0 Å². The Bertz CT molecular complexity index is 468. The molecule has 1 heterocycles. The zero-order chi connectivity index (χ0) is 14.8. The van der Waals surface area contributed by atoms with E-state index in [4.69, 9.17) is 4.74 Å². The van der Waals surface area contributed by atoms with Gasteiger partial charge in [-0.2, -0.15) is 5.10 Å².